The number of hydrogen-bond donors (Lipinski definition) is 2. The van der Waals surface area contributed by atoms with E-state index in [1.54, 1.807) is 55.6 Å². The molecule has 0 saturated heterocycles. The molecule has 3 N–H and O–H groups in total. The topological polar surface area (TPSA) is 109 Å². The van der Waals surface area contributed by atoms with Gasteiger partial charge < -0.3 is 25.3 Å². The highest BCUT2D eigenvalue weighted by Crippen LogP contribution is 2.31. The Morgan fingerprint density at radius 1 is 1.03 bits per heavy atom. The third-order valence-electron chi connectivity index (χ3n) is 4.05. The maximum absolute atomic E-state index is 12.0. The Hall–Kier alpha value is -3.81. The van der Waals surface area contributed by atoms with Gasteiger partial charge in [-0.1, -0.05) is 13.8 Å². The van der Waals surface area contributed by atoms with Crippen molar-refractivity contribution in [2.75, 3.05) is 24.8 Å². The summed E-state index contributed by atoms with van der Waals surface area (Å²) in [6.45, 7) is 4.35. The minimum atomic E-state index is -0.355. The average molecular weight is 408 g/mol. The summed E-state index contributed by atoms with van der Waals surface area (Å²) >= 11 is 0. The van der Waals surface area contributed by atoms with E-state index in [-0.39, 0.29) is 23.5 Å². The molecule has 0 atom stereocenters. The summed E-state index contributed by atoms with van der Waals surface area (Å²) < 4.78 is 16.1. The largest absolute Gasteiger partial charge is 0.497 e. The zero-order valence-corrected chi connectivity index (χ0v) is 17.1. The van der Waals surface area contributed by atoms with Crippen LogP contribution < -0.4 is 20.5 Å². The van der Waals surface area contributed by atoms with Gasteiger partial charge in [0.2, 0.25) is 5.88 Å². The molecule has 0 aliphatic carbocycles. The molecule has 3 aromatic rings. The molecule has 8 nitrogen and oxygen atoms in total. The number of nitrogens with one attached hydrogen (secondary N) is 1. The number of rotatable bonds is 8. The van der Waals surface area contributed by atoms with Crippen LogP contribution in [0.3, 0.4) is 0 Å². The van der Waals surface area contributed by atoms with Crippen molar-refractivity contribution in [3.8, 4) is 17.4 Å². The highest BCUT2D eigenvalue weighted by Gasteiger charge is 2.12. The maximum atomic E-state index is 12.0. The normalized spacial score (nSPS) is 10.5. The molecule has 0 aliphatic rings. The van der Waals surface area contributed by atoms with Gasteiger partial charge >= 0.3 is 5.97 Å². The Morgan fingerprint density at radius 3 is 2.33 bits per heavy atom. The van der Waals surface area contributed by atoms with Gasteiger partial charge in [0, 0.05) is 5.69 Å². The molecule has 30 heavy (non-hydrogen) atoms. The fourth-order valence-electron chi connectivity index (χ4n) is 2.47. The van der Waals surface area contributed by atoms with Gasteiger partial charge in [-0.05, 0) is 54.4 Å². The van der Waals surface area contributed by atoms with Gasteiger partial charge in [-0.3, -0.25) is 0 Å². The Kier molecular flexibility index (Phi) is 6.69. The molecule has 0 amide bonds. The first kappa shape index (κ1) is 20.9. The van der Waals surface area contributed by atoms with E-state index in [2.05, 4.69) is 15.3 Å². The number of hydrogen-bond acceptors (Lipinski definition) is 8. The van der Waals surface area contributed by atoms with E-state index in [9.17, 15) is 4.79 Å². The highest BCUT2D eigenvalue weighted by molar-refractivity contribution is 5.90. The number of benzene rings is 2. The van der Waals surface area contributed by atoms with Crippen LogP contribution in [0.1, 0.15) is 24.2 Å². The molecule has 0 radical (unpaired) electrons. The van der Waals surface area contributed by atoms with Crippen molar-refractivity contribution in [2.24, 2.45) is 5.92 Å². The van der Waals surface area contributed by atoms with Crippen LogP contribution in [0.25, 0.3) is 0 Å². The van der Waals surface area contributed by atoms with E-state index < -0.39 is 0 Å². The molecule has 0 fully saturated rings. The molecule has 0 unspecified atom stereocenters. The second-order valence-corrected chi connectivity index (χ2v) is 6.91. The molecule has 1 heterocycles. The van der Waals surface area contributed by atoms with Gasteiger partial charge in [0.15, 0.2) is 5.82 Å². The number of nitrogens with zero attached hydrogens (tertiary/aromatic N) is 2. The first-order valence-electron chi connectivity index (χ1n) is 9.43. The maximum Gasteiger partial charge on any atom is 0.338 e. The number of anilines is 3. The van der Waals surface area contributed by atoms with Crippen LogP contribution in [0, 0.1) is 5.92 Å². The van der Waals surface area contributed by atoms with Gasteiger partial charge in [0.1, 0.15) is 23.5 Å². The summed E-state index contributed by atoms with van der Waals surface area (Å²) in [6.07, 6.45) is 1.36. The van der Waals surface area contributed by atoms with Gasteiger partial charge in [-0.15, -0.1) is 0 Å². The van der Waals surface area contributed by atoms with Crippen LogP contribution in [0.5, 0.6) is 17.4 Å². The SMILES string of the molecule is COc1ccc(Oc2ncnc(Nc3ccc(C(=O)OCC(C)C)cc3)c2N)cc1. The molecular weight excluding hydrogens is 384 g/mol. The van der Waals surface area contributed by atoms with Crippen LogP contribution in [0.2, 0.25) is 0 Å². The minimum absolute atomic E-state index is 0.228. The molecule has 156 valence electrons. The zero-order valence-electron chi connectivity index (χ0n) is 17.1. The molecule has 2 aromatic carbocycles. The third-order valence-corrected chi connectivity index (χ3v) is 4.05. The van der Waals surface area contributed by atoms with Crippen molar-refractivity contribution in [3.05, 3.63) is 60.4 Å². The predicted molar refractivity (Wildman–Crippen MR) is 114 cm³/mol. The molecule has 3 rings (SSSR count). The second-order valence-electron chi connectivity index (χ2n) is 6.91. The lowest BCUT2D eigenvalue weighted by Crippen LogP contribution is -2.10. The van der Waals surface area contributed by atoms with E-state index in [0.29, 0.717) is 29.4 Å². The standard InChI is InChI=1S/C22H24N4O4/c1-14(2)12-29-22(27)15-4-6-16(7-5-15)26-20-19(23)21(25-13-24-20)30-18-10-8-17(28-3)9-11-18/h4-11,13-14H,12,23H2,1-3H3,(H,24,25,26). The summed E-state index contributed by atoms with van der Waals surface area (Å²) in [7, 11) is 1.59. The van der Waals surface area contributed by atoms with Crippen molar-refractivity contribution in [1.29, 1.82) is 0 Å². The van der Waals surface area contributed by atoms with Crippen molar-refractivity contribution < 1.29 is 19.0 Å². The Morgan fingerprint density at radius 2 is 1.70 bits per heavy atom. The van der Waals surface area contributed by atoms with Crippen molar-refractivity contribution in [2.45, 2.75) is 13.8 Å². The van der Waals surface area contributed by atoms with E-state index in [4.69, 9.17) is 19.9 Å². The number of methoxy groups -OCH3 is 1. The number of carbonyl (C=O) groups excluding carboxylic acids is 1. The zero-order chi connectivity index (χ0) is 21.5. The molecular formula is C22H24N4O4. The van der Waals surface area contributed by atoms with E-state index in [0.717, 1.165) is 5.75 Å². The van der Waals surface area contributed by atoms with Gasteiger partial charge in [-0.2, -0.15) is 4.98 Å². The lowest BCUT2D eigenvalue weighted by molar-refractivity contribution is 0.0459. The molecule has 1 aromatic heterocycles. The highest BCUT2D eigenvalue weighted by atomic mass is 16.5. The smallest absolute Gasteiger partial charge is 0.338 e. The Balaban J connectivity index is 1.69. The van der Waals surface area contributed by atoms with Crippen LogP contribution in [-0.4, -0.2) is 29.7 Å². The molecule has 0 bridgehead atoms. The summed E-state index contributed by atoms with van der Waals surface area (Å²) in [6, 6.07) is 13.9. The van der Waals surface area contributed by atoms with Crippen molar-refractivity contribution >= 4 is 23.2 Å². The average Bonchev–Trinajstić information content (AvgIpc) is 2.76. The Bertz CT molecular complexity index is 989. The first-order valence-corrected chi connectivity index (χ1v) is 9.43. The van der Waals surface area contributed by atoms with E-state index >= 15 is 0 Å². The Labute approximate surface area is 175 Å². The summed E-state index contributed by atoms with van der Waals surface area (Å²) in [5.41, 5.74) is 7.61. The number of nitrogen functional groups attached to an aromatic ring is 1. The summed E-state index contributed by atoms with van der Waals surface area (Å²) in [5, 5.41) is 3.10. The van der Waals surface area contributed by atoms with Gasteiger partial charge in [0.05, 0.1) is 19.3 Å². The summed E-state index contributed by atoms with van der Waals surface area (Å²) in [5.74, 6) is 1.83. The number of nitrogens with two attached hydrogens (primary N) is 1. The van der Waals surface area contributed by atoms with Crippen LogP contribution in [0.15, 0.2) is 54.9 Å². The van der Waals surface area contributed by atoms with Crippen LogP contribution in [0.4, 0.5) is 17.2 Å². The lowest BCUT2D eigenvalue weighted by Gasteiger charge is -2.12. The number of esters is 1. The number of ether oxygens (including phenoxy) is 3. The fraction of sp³-hybridized carbons (Fsp3) is 0.227. The second kappa shape index (κ2) is 9.60. The number of aromatic nitrogens is 2. The van der Waals surface area contributed by atoms with Gasteiger partial charge in [0.25, 0.3) is 0 Å². The van der Waals surface area contributed by atoms with Gasteiger partial charge in [-0.25, -0.2) is 9.78 Å². The van der Waals surface area contributed by atoms with E-state index in [1.165, 1.54) is 6.33 Å². The molecule has 8 heteroatoms. The third kappa shape index (κ3) is 5.38. The molecule has 0 aliphatic heterocycles. The molecule has 0 spiro atoms. The monoisotopic (exact) mass is 408 g/mol. The van der Waals surface area contributed by atoms with Crippen molar-refractivity contribution in [1.82, 2.24) is 9.97 Å². The number of carbonyl (C=O) groups is 1. The van der Waals surface area contributed by atoms with Crippen molar-refractivity contribution in [3.63, 3.8) is 0 Å². The van der Waals surface area contributed by atoms with Crippen LogP contribution >= 0.6 is 0 Å². The first-order chi connectivity index (χ1) is 14.5. The fourth-order valence-corrected chi connectivity index (χ4v) is 2.47. The molecule has 0 saturated carbocycles. The summed E-state index contributed by atoms with van der Waals surface area (Å²) in [4.78, 5) is 20.3. The van der Waals surface area contributed by atoms with E-state index in [1.807, 2.05) is 13.8 Å². The quantitative estimate of drug-likeness (QED) is 0.528. The lowest BCUT2D eigenvalue weighted by atomic mass is 10.2. The van der Waals surface area contributed by atoms with Crippen LogP contribution in [-0.2, 0) is 4.74 Å². The predicted octanol–water partition coefficient (Wildman–Crippen LogP) is 4.42. The minimum Gasteiger partial charge on any atom is -0.497 e.